The van der Waals surface area contributed by atoms with Gasteiger partial charge in [0.15, 0.2) is 0 Å². The van der Waals surface area contributed by atoms with Crippen LogP contribution >= 0.6 is 0 Å². The third-order valence-electron chi connectivity index (χ3n) is 6.62. The molecule has 0 bridgehead atoms. The minimum Gasteiger partial charge on any atom is -0.316 e. The lowest BCUT2D eigenvalue weighted by atomic mass is 10.1. The summed E-state index contributed by atoms with van der Waals surface area (Å²) in [5.41, 5.74) is 8.06. The first-order chi connectivity index (χ1) is 16.9. The van der Waals surface area contributed by atoms with Crippen molar-refractivity contribution in [1.82, 2.24) is 14.1 Å². The summed E-state index contributed by atoms with van der Waals surface area (Å²) in [7, 11) is 0. The predicted molar refractivity (Wildman–Crippen MR) is 141 cm³/mol. The molecule has 3 nitrogen and oxygen atoms in total. The van der Waals surface area contributed by atoms with Crippen molar-refractivity contribution in [3.8, 4) is 22.6 Å². The molecule has 3 heterocycles. The van der Waals surface area contributed by atoms with E-state index < -0.39 is 0 Å². The summed E-state index contributed by atoms with van der Waals surface area (Å²) in [5, 5.41) is 3.77. The van der Waals surface area contributed by atoms with E-state index in [4.69, 9.17) is 0 Å². The van der Waals surface area contributed by atoms with Crippen LogP contribution < -0.4 is 0 Å². The van der Waals surface area contributed by atoms with Crippen LogP contribution in [-0.2, 0) is 0 Å². The van der Waals surface area contributed by atoms with Crippen LogP contribution in [0.5, 0.6) is 0 Å². The maximum atomic E-state index is 4.50. The zero-order valence-electron chi connectivity index (χ0n) is 18.5. The van der Waals surface area contributed by atoms with Crippen LogP contribution in [0.15, 0.2) is 128 Å². The fourth-order valence-corrected chi connectivity index (χ4v) is 5.07. The van der Waals surface area contributed by atoms with Gasteiger partial charge in [0.05, 0.1) is 22.2 Å². The van der Waals surface area contributed by atoms with Gasteiger partial charge in [-0.15, -0.1) is 0 Å². The molecule has 0 amide bonds. The van der Waals surface area contributed by atoms with E-state index in [1.165, 1.54) is 38.4 Å². The van der Waals surface area contributed by atoms with Gasteiger partial charge >= 0.3 is 0 Å². The molecule has 7 rings (SSSR count). The number of hydrogen-bond donors (Lipinski definition) is 0. The highest BCUT2D eigenvalue weighted by Gasteiger charge is 2.16. The molecule has 0 aliphatic heterocycles. The van der Waals surface area contributed by atoms with Gasteiger partial charge in [0.2, 0.25) is 0 Å². The Bertz CT molecular complexity index is 1770. The van der Waals surface area contributed by atoms with Gasteiger partial charge in [0.25, 0.3) is 0 Å². The highest BCUT2D eigenvalue weighted by atomic mass is 15.0. The van der Waals surface area contributed by atoms with E-state index >= 15 is 0 Å². The summed E-state index contributed by atoms with van der Waals surface area (Å²) in [4.78, 5) is 4.50. The van der Waals surface area contributed by atoms with Crippen LogP contribution in [0.3, 0.4) is 0 Å². The van der Waals surface area contributed by atoms with Crippen molar-refractivity contribution >= 4 is 32.7 Å². The monoisotopic (exact) mass is 435 g/mol. The second-order valence-corrected chi connectivity index (χ2v) is 8.53. The second-order valence-electron chi connectivity index (χ2n) is 8.53. The van der Waals surface area contributed by atoms with E-state index in [9.17, 15) is 0 Å². The predicted octanol–water partition coefficient (Wildman–Crippen LogP) is 7.79. The van der Waals surface area contributed by atoms with Crippen LogP contribution in [-0.4, -0.2) is 14.1 Å². The molecule has 34 heavy (non-hydrogen) atoms. The Morgan fingerprint density at radius 3 is 2.12 bits per heavy atom. The van der Waals surface area contributed by atoms with Gasteiger partial charge in [-0.2, -0.15) is 0 Å². The lowest BCUT2D eigenvalue weighted by molar-refractivity contribution is 1.13. The van der Waals surface area contributed by atoms with Gasteiger partial charge in [-0.25, -0.2) is 0 Å². The average molecular weight is 436 g/mol. The molecule has 7 aromatic rings. The molecule has 160 valence electrons. The summed E-state index contributed by atoms with van der Waals surface area (Å²) in [6.07, 6.45) is 4.01. The number of rotatable bonds is 3. The molecule has 0 saturated carbocycles. The highest BCUT2D eigenvalue weighted by Crippen LogP contribution is 2.37. The Morgan fingerprint density at radius 1 is 0.500 bits per heavy atom. The van der Waals surface area contributed by atoms with Crippen LogP contribution in [0.2, 0.25) is 0 Å². The Balaban J connectivity index is 1.51. The number of benzene rings is 4. The fraction of sp³-hybridized carbons (Fsp3) is 0. The van der Waals surface area contributed by atoms with Crippen LogP contribution in [0.1, 0.15) is 0 Å². The first-order valence-corrected chi connectivity index (χ1v) is 11.5. The molecular formula is C31H21N3. The SMILES string of the molecule is c1ccc(-n2ccc3c2ccc2c4ccccc4n(-c4ccc(-c5ccccn5)cc4)c23)cc1. The summed E-state index contributed by atoms with van der Waals surface area (Å²) >= 11 is 0. The van der Waals surface area contributed by atoms with E-state index in [1.807, 2.05) is 24.4 Å². The standard InChI is InChI=1S/C31H21N3/c1-2-8-23(9-3-1)33-21-19-27-29(33)18-17-26-25-10-4-5-12-30(25)34(31(26)27)24-15-13-22(14-16-24)28-11-6-7-20-32-28/h1-21H. The molecule has 0 unspecified atom stereocenters. The number of para-hydroxylation sites is 2. The van der Waals surface area contributed by atoms with E-state index in [-0.39, 0.29) is 0 Å². The van der Waals surface area contributed by atoms with Crippen molar-refractivity contribution in [3.63, 3.8) is 0 Å². The molecule has 0 spiro atoms. The molecule has 0 atom stereocenters. The quantitative estimate of drug-likeness (QED) is 0.278. The molecule has 3 heteroatoms. The maximum Gasteiger partial charge on any atom is 0.0701 e. The zero-order chi connectivity index (χ0) is 22.5. The summed E-state index contributed by atoms with van der Waals surface area (Å²) in [6, 6.07) is 40.7. The van der Waals surface area contributed by atoms with Gasteiger partial charge in [-0.1, -0.05) is 60.7 Å². The molecule has 0 aliphatic carbocycles. The molecule has 4 aromatic carbocycles. The normalized spacial score (nSPS) is 11.5. The number of fused-ring (bicyclic) bond motifs is 5. The van der Waals surface area contributed by atoms with E-state index in [0.717, 1.165) is 16.9 Å². The third kappa shape index (κ3) is 2.81. The van der Waals surface area contributed by atoms with Crippen LogP contribution in [0.25, 0.3) is 55.3 Å². The lowest BCUT2D eigenvalue weighted by Crippen LogP contribution is -1.95. The van der Waals surface area contributed by atoms with Gasteiger partial charge < -0.3 is 9.13 Å². The summed E-state index contributed by atoms with van der Waals surface area (Å²) in [6.45, 7) is 0. The molecule has 0 saturated heterocycles. The summed E-state index contributed by atoms with van der Waals surface area (Å²) in [5.74, 6) is 0. The minimum absolute atomic E-state index is 0.985. The number of aromatic nitrogens is 3. The first-order valence-electron chi connectivity index (χ1n) is 11.5. The zero-order valence-corrected chi connectivity index (χ0v) is 18.5. The first kappa shape index (κ1) is 18.9. The Labute approximate surface area is 197 Å². The lowest BCUT2D eigenvalue weighted by Gasteiger charge is -2.10. The molecule has 0 fully saturated rings. The second kappa shape index (κ2) is 7.46. The Hall–Kier alpha value is -4.63. The van der Waals surface area contributed by atoms with Gasteiger partial charge in [-0.05, 0) is 54.6 Å². The van der Waals surface area contributed by atoms with Crippen molar-refractivity contribution in [2.75, 3.05) is 0 Å². The maximum absolute atomic E-state index is 4.50. The van der Waals surface area contributed by atoms with Crippen molar-refractivity contribution < 1.29 is 0 Å². The number of pyridine rings is 1. The van der Waals surface area contributed by atoms with Crippen LogP contribution in [0.4, 0.5) is 0 Å². The van der Waals surface area contributed by atoms with Gasteiger partial charge in [-0.3, -0.25) is 4.98 Å². The fourth-order valence-electron chi connectivity index (χ4n) is 5.07. The molecule has 0 radical (unpaired) electrons. The Kier molecular flexibility index (Phi) is 4.15. The smallest absolute Gasteiger partial charge is 0.0701 e. The third-order valence-corrected chi connectivity index (χ3v) is 6.62. The largest absolute Gasteiger partial charge is 0.316 e. The Morgan fingerprint density at radius 2 is 1.29 bits per heavy atom. The van der Waals surface area contributed by atoms with Crippen molar-refractivity contribution in [2.24, 2.45) is 0 Å². The summed E-state index contributed by atoms with van der Waals surface area (Å²) < 4.78 is 4.66. The topological polar surface area (TPSA) is 22.8 Å². The highest BCUT2D eigenvalue weighted by molar-refractivity contribution is 6.18. The van der Waals surface area contributed by atoms with Crippen molar-refractivity contribution in [1.29, 1.82) is 0 Å². The average Bonchev–Trinajstić information content (AvgIpc) is 3.49. The van der Waals surface area contributed by atoms with E-state index in [0.29, 0.717) is 0 Å². The van der Waals surface area contributed by atoms with Crippen molar-refractivity contribution in [2.45, 2.75) is 0 Å². The number of hydrogen-bond acceptors (Lipinski definition) is 1. The minimum atomic E-state index is 0.985. The molecule has 0 aliphatic rings. The molecular weight excluding hydrogens is 414 g/mol. The van der Waals surface area contributed by atoms with Gasteiger partial charge in [0, 0.05) is 45.5 Å². The number of nitrogens with zero attached hydrogens (tertiary/aromatic N) is 3. The van der Waals surface area contributed by atoms with Crippen molar-refractivity contribution in [3.05, 3.63) is 128 Å². The van der Waals surface area contributed by atoms with Gasteiger partial charge in [0.1, 0.15) is 0 Å². The van der Waals surface area contributed by atoms with Crippen LogP contribution in [0, 0.1) is 0 Å². The molecule has 3 aromatic heterocycles. The van der Waals surface area contributed by atoms with E-state index in [2.05, 4.69) is 117 Å². The van der Waals surface area contributed by atoms with E-state index in [1.54, 1.807) is 0 Å². The molecule has 0 N–H and O–H groups in total.